The third kappa shape index (κ3) is 6.31. The standard InChI is InChI=1S/C23H26N2O4/c1-4-16(3)20(23(28)29)25-22(27)19(14-17-8-6-5-7-9-17)24-21(26)18-12-10-15(2)11-13-18/h5-14,16,20H,4H2,1-3H3,(H,24,26)(H,25,27)(H,28,29)/b19-14+/t16-,20-/m1/s1. The maximum Gasteiger partial charge on any atom is 0.326 e. The first kappa shape index (κ1) is 21.9. The molecule has 29 heavy (non-hydrogen) atoms. The summed E-state index contributed by atoms with van der Waals surface area (Å²) in [6, 6.07) is 14.9. The van der Waals surface area contributed by atoms with Gasteiger partial charge in [-0.1, -0.05) is 68.3 Å². The van der Waals surface area contributed by atoms with Gasteiger partial charge >= 0.3 is 5.97 Å². The lowest BCUT2D eigenvalue weighted by Crippen LogP contribution is -2.47. The number of benzene rings is 2. The highest BCUT2D eigenvalue weighted by atomic mass is 16.4. The average Bonchev–Trinajstić information content (AvgIpc) is 2.71. The number of hydrogen-bond acceptors (Lipinski definition) is 3. The third-order valence-corrected chi connectivity index (χ3v) is 4.68. The molecular weight excluding hydrogens is 368 g/mol. The maximum atomic E-state index is 12.8. The zero-order chi connectivity index (χ0) is 21.4. The quantitative estimate of drug-likeness (QED) is 0.598. The Kier molecular flexibility index (Phi) is 7.71. The van der Waals surface area contributed by atoms with E-state index in [-0.39, 0.29) is 11.6 Å². The molecule has 0 heterocycles. The molecule has 2 aromatic rings. The Morgan fingerprint density at radius 2 is 1.66 bits per heavy atom. The van der Waals surface area contributed by atoms with Crippen molar-refractivity contribution in [3.8, 4) is 0 Å². The minimum atomic E-state index is -1.11. The van der Waals surface area contributed by atoms with Crippen LogP contribution in [0.4, 0.5) is 0 Å². The molecule has 3 N–H and O–H groups in total. The van der Waals surface area contributed by atoms with Gasteiger partial charge < -0.3 is 15.7 Å². The molecule has 6 heteroatoms. The molecule has 0 radical (unpaired) electrons. The minimum Gasteiger partial charge on any atom is -0.480 e. The Labute approximate surface area is 170 Å². The highest BCUT2D eigenvalue weighted by Crippen LogP contribution is 2.11. The van der Waals surface area contributed by atoms with Crippen molar-refractivity contribution >= 4 is 23.9 Å². The second-order valence-corrected chi connectivity index (χ2v) is 6.96. The van der Waals surface area contributed by atoms with E-state index in [4.69, 9.17) is 0 Å². The molecule has 2 amide bonds. The minimum absolute atomic E-state index is 0.0173. The monoisotopic (exact) mass is 394 g/mol. The number of aryl methyl sites for hydroxylation is 1. The van der Waals surface area contributed by atoms with Crippen molar-refractivity contribution in [1.82, 2.24) is 10.6 Å². The fourth-order valence-corrected chi connectivity index (χ4v) is 2.68. The average molecular weight is 394 g/mol. The fourth-order valence-electron chi connectivity index (χ4n) is 2.68. The third-order valence-electron chi connectivity index (χ3n) is 4.68. The Morgan fingerprint density at radius 3 is 2.21 bits per heavy atom. The summed E-state index contributed by atoms with van der Waals surface area (Å²) in [4.78, 5) is 37.0. The van der Waals surface area contributed by atoms with Crippen molar-refractivity contribution in [2.75, 3.05) is 0 Å². The number of aliphatic carboxylic acids is 1. The van der Waals surface area contributed by atoms with Crippen molar-refractivity contribution in [2.24, 2.45) is 5.92 Å². The second kappa shape index (κ2) is 10.2. The number of nitrogens with one attached hydrogen (secondary N) is 2. The van der Waals surface area contributed by atoms with Crippen LogP contribution in [0.25, 0.3) is 6.08 Å². The van der Waals surface area contributed by atoms with E-state index in [1.165, 1.54) is 6.08 Å². The van der Waals surface area contributed by atoms with E-state index in [1.54, 1.807) is 43.3 Å². The van der Waals surface area contributed by atoms with Gasteiger partial charge in [-0.2, -0.15) is 0 Å². The molecule has 0 aliphatic rings. The van der Waals surface area contributed by atoms with Crippen LogP contribution in [0.15, 0.2) is 60.3 Å². The predicted octanol–water partition coefficient (Wildman–Crippen LogP) is 3.38. The summed E-state index contributed by atoms with van der Waals surface area (Å²) >= 11 is 0. The van der Waals surface area contributed by atoms with Gasteiger partial charge in [-0.3, -0.25) is 9.59 Å². The van der Waals surface area contributed by atoms with E-state index in [9.17, 15) is 19.5 Å². The van der Waals surface area contributed by atoms with Crippen molar-refractivity contribution in [3.63, 3.8) is 0 Å². The number of hydrogen-bond donors (Lipinski definition) is 3. The van der Waals surface area contributed by atoms with Gasteiger partial charge in [0.05, 0.1) is 0 Å². The molecule has 0 saturated carbocycles. The lowest BCUT2D eigenvalue weighted by atomic mass is 9.99. The van der Waals surface area contributed by atoms with Crippen LogP contribution in [-0.4, -0.2) is 28.9 Å². The van der Waals surface area contributed by atoms with Crippen molar-refractivity contribution < 1.29 is 19.5 Å². The van der Waals surface area contributed by atoms with E-state index in [2.05, 4.69) is 10.6 Å². The van der Waals surface area contributed by atoms with Crippen LogP contribution in [0.3, 0.4) is 0 Å². The molecule has 0 unspecified atom stereocenters. The summed E-state index contributed by atoms with van der Waals surface area (Å²) in [7, 11) is 0. The van der Waals surface area contributed by atoms with E-state index in [0.29, 0.717) is 17.5 Å². The zero-order valence-corrected chi connectivity index (χ0v) is 16.8. The van der Waals surface area contributed by atoms with E-state index in [1.807, 2.05) is 32.0 Å². The van der Waals surface area contributed by atoms with E-state index >= 15 is 0 Å². The molecule has 2 atom stereocenters. The molecule has 0 aromatic heterocycles. The number of carbonyl (C=O) groups excluding carboxylic acids is 2. The normalized spacial score (nSPS) is 13.3. The van der Waals surface area contributed by atoms with Gasteiger partial charge in [0, 0.05) is 5.56 Å². The summed E-state index contributed by atoms with van der Waals surface area (Å²) in [5, 5.41) is 14.6. The predicted molar refractivity (Wildman–Crippen MR) is 112 cm³/mol. The van der Waals surface area contributed by atoms with Gasteiger partial charge in [0.15, 0.2) is 0 Å². The van der Waals surface area contributed by atoms with Crippen molar-refractivity contribution in [1.29, 1.82) is 0 Å². The molecule has 0 aliphatic heterocycles. The highest BCUT2D eigenvalue weighted by Gasteiger charge is 2.27. The molecule has 0 aliphatic carbocycles. The number of amides is 2. The van der Waals surface area contributed by atoms with Gasteiger partial charge in [0.25, 0.3) is 11.8 Å². The summed E-state index contributed by atoms with van der Waals surface area (Å²) < 4.78 is 0. The summed E-state index contributed by atoms with van der Waals surface area (Å²) in [6.07, 6.45) is 2.11. The summed E-state index contributed by atoms with van der Waals surface area (Å²) in [5.74, 6) is -2.47. The second-order valence-electron chi connectivity index (χ2n) is 6.96. The van der Waals surface area contributed by atoms with Crippen molar-refractivity contribution in [3.05, 3.63) is 77.0 Å². The molecule has 2 rings (SSSR count). The summed E-state index contributed by atoms with van der Waals surface area (Å²) in [6.45, 7) is 5.52. The van der Waals surface area contributed by atoms with Crippen LogP contribution in [-0.2, 0) is 9.59 Å². The van der Waals surface area contributed by atoms with Crippen molar-refractivity contribution in [2.45, 2.75) is 33.2 Å². The zero-order valence-electron chi connectivity index (χ0n) is 16.8. The maximum absolute atomic E-state index is 12.8. The smallest absolute Gasteiger partial charge is 0.326 e. The van der Waals surface area contributed by atoms with E-state index < -0.39 is 23.8 Å². The molecule has 6 nitrogen and oxygen atoms in total. The van der Waals surface area contributed by atoms with Gasteiger partial charge in [-0.15, -0.1) is 0 Å². The van der Waals surface area contributed by atoms with Crippen LogP contribution < -0.4 is 10.6 Å². The molecule has 152 valence electrons. The molecule has 0 fully saturated rings. The molecule has 0 bridgehead atoms. The topological polar surface area (TPSA) is 95.5 Å². The van der Waals surface area contributed by atoms with Gasteiger partial charge in [0.1, 0.15) is 11.7 Å². The van der Waals surface area contributed by atoms with Crippen LogP contribution in [0.5, 0.6) is 0 Å². The largest absolute Gasteiger partial charge is 0.480 e. The van der Waals surface area contributed by atoms with Gasteiger partial charge in [0.2, 0.25) is 0 Å². The fraction of sp³-hybridized carbons (Fsp3) is 0.261. The molecule has 2 aromatic carbocycles. The lowest BCUT2D eigenvalue weighted by Gasteiger charge is -2.21. The number of carboxylic acid groups (broad SMARTS) is 1. The Balaban J connectivity index is 2.30. The van der Waals surface area contributed by atoms with Crippen LogP contribution in [0, 0.1) is 12.8 Å². The Morgan fingerprint density at radius 1 is 1.03 bits per heavy atom. The lowest BCUT2D eigenvalue weighted by molar-refractivity contribution is -0.142. The highest BCUT2D eigenvalue weighted by molar-refractivity contribution is 6.06. The molecular formula is C23H26N2O4. The molecule has 0 saturated heterocycles. The van der Waals surface area contributed by atoms with Crippen LogP contribution in [0.2, 0.25) is 0 Å². The van der Waals surface area contributed by atoms with Crippen LogP contribution >= 0.6 is 0 Å². The first-order valence-electron chi connectivity index (χ1n) is 9.50. The SMILES string of the molecule is CC[C@@H](C)[C@@H](NC(=O)/C(=C\c1ccccc1)NC(=O)c1ccc(C)cc1)C(=O)O. The summed E-state index contributed by atoms with van der Waals surface area (Å²) in [5.41, 5.74) is 2.10. The Hall–Kier alpha value is -3.41. The van der Waals surface area contributed by atoms with Crippen LogP contribution in [0.1, 0.15) is 41.8 Å². The first-order valence-corrected chi connectivity index (χ1v) is 9.50. The van der Waals surface area contributed by atoms with E-state index in [0.717, 1.165) is 5.56 Å². The first-order chi connectivity index (χ1) is 13.8. The number of carbonyl (C=O) groups is 3. The van der Waals surface area contributed by atoms with Gasteiger partial charge in [-0.25, -0.2) is 4.79 Å². The number of rotatable bonds is 8. The number of carboxylic acids is 1. The molecule has 0 spiro atoms. The Bertz CT molecular complexity index is 889. The van der Waals surface area contributed by atoms with Gasteiger partial charge in [-0.05, 0) is 36.6 Å².